The molecule has 0 saturated carbocycles. The Kier molecular flexibility index (Phi) is 37.5. The Morgan fingerprint density at radius 3 is 1.09 bits per heavy atom. The van der Waals surface area contributed by atoms with Gasteiger partial charge in [0.25, 0.3) is 0 Å². The number of carbonyl (C=O) groups excluding carboxylic acids is 2. The zero-order chi connectivity index (χ0) is 34.3. The lowest BCUT2D eigenvalue weighted by molar-refractivity contribution is -0.144. The maximum absolute atomic E-state index is 12.1. The fourth-order valence-electron chi connectivity index (χ4n) is 5.83. The van der Waals surface area contributed by atoms with E-state index in [1.807, 2.05) is 0 Å². The molecule has 0 bridgehead atoms. The van der Waals surface area contributed by atoms with Crippen molar-refractivity contribution in [2.45, 2.75) is 206 Å². The number of unbranched alkanes of at least 4 members (excludes halogenated alkanes) is 22. The molecule has 0 aromatic rings. The van der Waals surface area contributed by atoms with Gasteiger partial charge in [-0.15, -0.1) is 0 Å². The molecule has 1 N–H and O–H groups in total. The second-order valence-corrected chi connectivity index (χ2v) is 13.7. The van der Waals surface area contributed by atoms with Crippen molar-refractivity contribution in [3.05, 3.63) is 24.3 Å². The lowest BCUT2D eigenvalue weighted by Gasteiger charge is -2.14. The Morgan fingerprint density at radius 2 is 0.766 bits per heavy atom. The summed E-state index contributed by atoms with van der Waals surface area (Å²) < 4.78 is 10.8. The molecular formula is C42H78O5. The van der Waals surface area contributed by atoms with Gasteiger partial charge in [-0.25, -0.2) is 0 Å². The average Bonchev–Trinajstić information content (AvgIpc) is 3.07. The van der Waals surface area contributed by atoms with Crippen LogP contribution in [0, 0.1) is 5.92 Å². The van der Waals surface area contributed by atoms with Gasteiger partial charge in [0, 0.05) is 19.4 Å². The van der Waals surface area contributed by atoms with Crippen molar-refractivity contribution in [1.29, 1.82) is 0 Å². The Balaban J connectivity index is 3.53. The van der Waals surface area contributed by atoms with Crippen molar-refractivity contribution >= 4 is 11.9 Å². The Labute approximate surface area is 292 Å². The van der Waals surface area contributed by atoms with E-state index in [0.717, 1.165) is 25.7 Å². The van der Waals surface area contributed by atoms with Gasteiger partial charge in [0.2, 0.25) is 0 Å². The minimum atomic E-state index is -0.147. The first-order valence-electron chi connectivity index (χ1n) is 20.4. The Bertz CT molecular complexity index is 658. The standard InChI is InChI=1S/C42H78O5/c1-3-5-7-9-11-13-15-17-19-21-23-25-27-29-31-33-41(44)46-37-35-40(39-43)36-38-47-42(45)34-32-30-28-26-24-22-20-18-16-14-12-10-8-6-4-2/h17-20,40,43H,3-16,21-39H2,1-2H3/b19-17-,20-18-. The fraction of sp³-hybridized carbons (Fsp3) is 0.857. The van der Waals surface area contributed by atoms with Crippen LogP contribution in [-0.4, -0.2) is 36.9 Å². The normalized spacial score (nSPS) is 11.7. The third-order valence-corrected chi connectivity index (χ3v) is 9.12. The number of esters is 2. The molecular weight excluding hydrogens is 584 g/mol. The van der Waals surface area contributed by atoms with Crippen LogP contribution in [0.1, 0.15) is 206 Å². The molecule has 0 rings (SSSR count). The molecule has 0 aliphatic carbocycles. The summed E-state index contributed by atoms with van der Waals surface area (Å²) >= 11 is 0. The molecule has 0 atom stereocenters. The predicted molar refractivity (Wildman–Crippen MR) is 201 cm³/mol. The number of rotatable bonds is 37. The summed E-state index contributed by atoms with van der Waals surface area (Å²) in [6.07, 6.45) is 43.7. The minimum Gasteiger partial charge on any atom is -0.466 e. The van der Waals surface area contributed by atoms with E-state index in [2.05, 4.69) is 38.2 Å². The largest absolute Gasteiger partial charge is 0.466 e. The lowest BCUT2D eigenvalue weighted by atomic mass is 10.0. The molecule has 0 aromatic heterocycles. The number of ether oxygens (including phenoxy) is 2. The van der Waals surface area contributed by atoms with Gasteiger partial charge >= 0.3 is 11.9 Å². The number of hydrogen-bond donors (Lipinski definition) is 1. The molecule has 0 amide bonds. The van der Waals surface area contributed by atoms with E-state index in [9.17, 15) is 14.7 Å². The molecule has 276 valence electrons. The zero-order valence-electron chi connectivity index (χ0n) is 31.3. The first-order chi connectivity index (χ1) is 23.1. The van der Waals surface area contributed by atoms with Crippen molar-refractivity contribution in [3.8, 4) is 0 Å². The van der Waals surface area contributed by atoms with E-state index in [0.29, 0.717) is 38.9 Å². The van der Waals surface area contributed by atoms with Gasteiger partial charge in [0.15, 0.2) is 0 Å². The molecule has 0 fully saturated rings. The number of aliphatic hydroxyl groups is 1. The predicted octanol–water partition coefficient (Wildman–Crippen LogP) is 12.5. The van der Waals surface area contributed by atoms with Gasteiger partial charge in [-0.05, 0) is 83.0 Å². The molecule has 5 heteroatoms. The molecule has 0 spiro atoms. The summed E-state index contributed by atoms with van der Waals surface area (Å²) in [4.78, 5) is 24.1. The second-order valence-electron chi connectivity index (χ2n) is 13.7. The summed E-state index contributed by atoms with van der Waals surface area (Å²) in [6.45, 7) is 5.17. The first kappa shape index (κ1) is 45.4. The topological polar surface area (TPSA) is 72.8 Å². The molecule has 0 aromatic carbocycles. The Hall–Kier alpha value is -1.62. The fourth-order valence-corrected chi connectivity index (χ4v) is 5.83. The average molecular weight is 663 g/mol. The third kappa shape index (κ3) is 37.1. The van der Waals surface area contributed by atoms with Crippen LogP contribution in [0.5, 0.6) is 0 Å². The number of aliphatic hydroxyl groups excluding tert-OH is 1. The van der Waals surface area contributed by atoms with Crippen LogP contribution in [0.15, 0.2) is 24.3 Å². The van der Waals surface area contributed by atoms with E-state index in [1.165, 1.54) is 141 Å². The Morgan fingerprint density at radius 1 is 0.468 bits per heavy atom. The summed E-state index contributed by atoms with van der Waals surface area (Å²) in [7, 11) is 0. The summed E-state index contributed by atoms with van der Waals surface area (Å²) in [5.74, 6) is -0.313. The molecule has 0 radical (unpaired) electrons. The van der Waals surface area contributed by atoms with Crippen molar-refractivity contribution in [2.24, 2.45) is 5.92 Å². The van der Waals surface area contributed by atoms with Crippen molar-refractivity contribution in [2.75, 3.05) is 19.8 Å². The number of carbonyl (C=O) groups is 2. The maximum atomic E-state index is 12.1. The highest BCUT2D eigenvalue weighted by Gasteiger charge is 2.11. The molecule has 0 aliphatic heterocycles. The SMILES string of the molecule is CCCCCCCC/C=C\CCCCCCCC(=O)OCCC(CO)CCOC(=O)CCCCCCC/C=C\CCCCCCCC. The number of hydrogen-bond acceptors (Lipinski definition) is 5. The van der Waals surface area contributed by atoms with E-state index in [-0.39, 0.29) is 24.5 Å². The van der Waals surface area contributed by atoms with Gasteiger partial charge in [0.1, 0.15) is 0 Å². The number of allylic oxidation sites excluding steroid dienone is 4. The quantitative estimate of drug-likeness (QED) is 0.0407. The van der Waals surface area contributed by atoms with E-state index in [4.69, 9.17) is 9.47 Å². The lowest BCUT2D eigenvalue weighted by Crippen LogP contribution is -2.16. The smallest absolute Gasteiger partial charge is 0.305 e. The van der Waals surface area contributed by atoms with Crippen LogP contribution in [-0.2, 0) is 19.1 Å². The van der Waals surface area contributed by atoms with Crippen molar-refractivity contribution in [1.82, 2.24) is 0 Å². The molecule has 0 aliphatic rings. The van der Waals surface area contributed by atoms with Crippen LogP contribution >= 0.6 is 0 Å². The van der Waals surface area contributed by atoms with E-state index >= 15 is 0 Å². The van der Waals surface area contributed by atoms with Crippen LogP contribution in [0.3, 0.4) is 0 Å². The molecule has 0 saturated heterocycles. The highest BCUT2D eigenvalue weighted by molar-refractivity contribution is 5.69. The van der Waals surface area contributed by atoms with Crippen LogP contribution in [0.2, 0.25) is 0 Å². The van der Waals surface area contributed by atoms with Crippen LogP contribution < -0.4 is 0 Å². The van der Waals surface area contributed by atoms with Gasteiger partial charge in [-0.3, -0.25) is 9.59 Å². The molecule has 47 heavy (non-hydrogen) atoms. The summed E-state index contributed by atoms with van der Waals surface area (Å²) in [5.41, 5.74) is 0. The van der Waals surface area contributed by atoms with Gasteiger partial charge in [-0.1, -0.05) is 141 Å². The van der Waals surface area contributed by atoms with Crippen molar-refractivity contribution in [3.63, 3.8) is 0 Å². The summed E-state index contributed by atoms with van der Waals surface area (Å²) in [5, 5.41) is 9.67. The monoisotopic (exact) mass is 663 g/mol. The first-order valence-corrected chi connectivity index (χ1v) is 20.4. The summed E-state index contributed by atoms with van der Waals surface area (Å²) in [6, 6.07) is 0. The molecule has 0 unspecified atom stereocenters. The van der Waals surface area contributed by atoms with Gasteiger partial charge in [-0.2, -0.15) is 0 Å². The second kappa shape index (κ2) is 38.8. The van der Waals surface area contributed by atoms with Gasteiger partial charge in [0.05, 0.1) is 13.2 Å². The highest BCUT2D eigenvalue weighted by Crippen LogP contribution is 2.14. The van der Waals surface area contributed by atoms with E-state index in [1.54, 1.807) is 0 Å². The third-order valence-electron chi connectivity index (χ3n) is 9.12. The van der Waals surface area contributed by atoms with Gasteiger partial charge < -0.3 is 14.6 Å². The molecule has 0 heterocycles. The zero-order valence-corrected chi connectivity index (χ0v) is 31.3. The van der Waals surface area contributed by atoms with Crippen molar-refractivity contribution < 1.29 is 24.2 Å². The van der Waals surface area contributed by atoms with Crippen LogP contribution in [0.25, 0.3) is 0 Å². The van der Waals surface area contributed by atoms with Crippen LogP contribution in [0.4, 0.5) is 0 Å². The molecule has 5 nitrogen and oxygen atoms in total. The van der Waals surface area contributed by atoms with E-state index < -0.39 is 0 Å². The minimum absolute atomic E-state index is 0.0115. The highest BCUT2D eigenvalue weighted by atomic mass is 16.5. The maximum Gasteiger partial charge on any atom is 0.305 e.